The molecule has 0 radical (unpaired) electrons. The highest BCUT2D eigenvalue weighted by molar-refractivity contribution is 6.00. The maximum atomic E-state index is 12.6. The van der Waals surface area contributed by atoms with Crippen LogP contribution in [0.25, 0.3) is 0 Å². The number of rotatable bonds is 11. The van der Waals surface area contributed by atoms with Crippen molar-refractivity contribution >= 4 is 23.6 Å². The number of carbonyl (C=O) groups is 4. The Bertz CT molecular complexity index is 1060. The summed E-state index contributed by atoms with van der Waals surface area (Å²) in [5.74, 6) is 2.98. The van der Waals surface area contributed by atoms with Gasteiger partial charge in [0.15, 0.2) is 0 Å². The van der Waals surface area contributed by atoms with Crippen LogP contribution in [-0.4, -0.2) is 42.9 Å². The number of hydrogen-bond acceptors (Lipinski definition) is 6. The monoisotopic (exact) mass is 599 g/mol. The van der Waals surface area contributed by atoms with E-state index in [2.05, 4.69) is 33.0 Å². The zero-order chi connectivity index (χ0) is 30.9. The highest BCUT2D eigenvalue weighted by Gasteiger charge is 2.60. The predicted molar refractivity (Wildman–Crippen MR) is 165 cm³/mol. The lowest BCUT2D eigenvalue weighted by molar-refractivity contribution is -0.166. The Morgan fingerprint density at radius 3 is 2.42 bits per heavy atom. The van der Waals surface area contributed by atoms with Crippen LogP contribution in [0.1, 0.15) is 125 Å². The van der Waals surface area contributed by atoms with Crippen LogP contribution in [0.5, 0.6) is 0 Å². The molecule has 1 N–H and O–H groups in total. The normalized spacial score (nSPS) is 39.9. The van der Waals surface area contributed by atoms with Gasteiger partial charge in [-0.2, -0.15) is 0 Å². The van der Waals surface area contributed by atoms with Crippen LogP contribution >= 0.6 is 0 Å². The quantitative estimate of drug-likeness (QED) is 0.211. The molecule has 0 aromatic carbocycles. The third-order valence-electron chi connectivity index (χ3n) is 13.5. The van der Waals surface area contributed by atoms with Gasteiger partial charge in [0.05, 0.1) is 12.5 Å². The average molecular weight is 600 g/mol. The van der Waals surface area contributed by atoms with E-state index in [1.165, 1.54) is 44.9 Å². The first kappa shape index (κ1) is 32.5. The van der Waals surface area contributed by atoms with Crippen LogP contribution in [0, 0.1) is 58.2 Å². The number of carbonyl (C=O) groups excluding carboxylic acids is 4. The second kappa shape index (κ2) is 13.2. The Labute approximate surface area is 259 Å². The molecule has 11 atom stereocenters. The molecule has 1 saturated heterocycles. The molecule has 7 nitrogen and oxygen atoms in total. The minimum atomic E-state index is -0.644. The number of cyclic esters (lactones) is 1. The van der Waals surface area contributed by atoms with Gasteiger partial charge < -0.3 is 14.8 Å². The van der Waals surface area contributed by atoms with E-state index >= 15 is 0 Å². The summed E-state index contributed by atoms with van der Waals surface area (Å²) in [6, 6.07) is 0. The van der Waals surface area contributed by atoms with E-state index in [1.54, 1.807) is 0 Å². The maximum Gasteiger partial charge on any atom is 0.316 e. The van der Waals surface area contributed by atoms with Crippen LogP contribution in [0.3, 0.4) is 0 Å². The summed E-state index contributed by atoms with van der Waals surface area (Å²) in [6.07, 6.45) is 14.0. The molecule has 1 aliphatic heterocycles. The van der Waals surface area contributed by atoms with E-state index in [1.807, 2.05) is 6.92 Å². The fourth-order valence-corrected chi connectivity index (χ4v) is 10.7. The van der Waals surface area contributed by atoms with Crippen LogP contribution in [0.2, 0.25) is 0 Å². The van der Waals surface area contributed by atoms with E-state index in [9.17, 15) is 19.2 Å². The van der Waals surface area contributed by atoms with Gasteiger partial charge in [0, 0.05) is 25.8 Å². The summed E-state index contributed by atoms with van der Waals surface area (Å²) in [4.78, 5) is 49.0. The summed E-state index contributed by atoms with van der Waals surface area (Å²) in [7, 11) is 0. The van der Waals surface area contributed by atoms with Gasteiger partial charge >= 0.3 is 11.9 Å². The SMILES string of the molecule is CCC(C)C(=O)OC1CCC2(C)C(CCC3C2CCC2(C)C(C(C)CCC(=O)NCCC(=O)C4CCOC4=O)CCC32)C1. The van der Waals surface area contributed by atoms with Gasteiger partial charge in [-0.05, 0) is 117 Å². The summed E-state index contributed by atoms with van der Waals surface area (Å²) >= 11 is 0. The van der Waals surface area contributed by atoms with Crippen molar-refractivity contribution < 1.29 is 28.7 Å². The van der Waals surface area contributed by atoms with Crippen LogP contribution < -0.4 is 5.32 Å². The number of nitrogens with one attached hydrogen (secondary N) is 1. The van der Waals surface area contributed by atoms with Crippen LogP contribution in [-0.2, 0) is 28.7 Å². The molecule has 0 aromatic heterocycles. The Balaban J connectivity index is 1.11. The summed E-state index contributed by atoms with van der Waals surface area (Å²) in [5.41, 5.74) is 0.719. The number of esters is 2. The van der Waals surface area contributed by atoms with E-state index in [0.29, 0.717) is 54.6 Å². The molecule has 43 heavy (non-hydrogen) atoms. The Morgan fingerprint density at radius 2 is 1.70 bits per heavy atom. The second-order valence-corrected chi connectivity index (χ2v) is 15.6. The average Bonchev–Trinajstić information content (AvgIpc) is 3.58. The van der Waals surface area contributed by atoms with Crippen molar-refractivity contribution in [3.63, 3.8) is 0 Å². The lowest BCUT2D eigenvalue weighted by Crippen LogP contribution is -2.54. The van der Waals surface area contributed by atoms with Crippen LogP contribution in [0.15, 0.2) is 0 Å². The van der Waals surface area contributed by atoms with Gasteiger partial charge in [-0.25, -0.2) is 0 Å². The van der Waals surface area contributed by atoms with Gasteiger partial charge in [-0.15, -0.1) is 0 Å². The third kappa shape index (κ3) is 6.43. The van der Waals surface area contributed by atoms with E-state index in [4.69, 9.17) is 9.47 Å². The molecule has 1 amide bonds. The number of fused-ring (bicyclic) bond motifs is 5. The fraction of sp³-hybridized carbons (Fsp3) is 0.889. The molecule has 0 aromatic rings. The molecule has 4 aliphatic carbocycles. The molecule has 5 fully saturated rings. The van der Waals surface area contributed by atoms with Crippen molar-refractivity contribution in [1.82, 2.24) is 5.32 Å². The van der Waals surface area contributed by atoms with Crippen molar-refractivity contribution in [3.05, 3.63) is 0 Å². The van der Waals surface area contributed by atoms with Gasteiger partial charge in [-0.3, -0.25) is 19.2 Å². The molecule has 4 saturated carbocycles. The lowest BCUT2D eigenvalue weighted by Gasteiger charge is -2.61. The number of ketones is 1. The molecule has 7 heteroatoms. The van der Waals surface area contributed by atoms with Crippen LogP contribution in [0.4, 0.5) is 0 Å². The number of hydrogen-bond donors (Lipinski definition) is 1. The van der Waals surface area contributed by atoms with Gasteiger partial charge in [-0.1, -0.05) is 34.6 Å². The lowest BCUT2D eigenvalue weighted by atomic mass is 9.44. The summed E-state index contributed by atoms with van der Waals surface area (Å²) < 4.78 is 10.9. The minimum absolute atomic E-state index is 0.00642. The smallest absolute Gasteiger partial charge is 0.316 e. The molecule has 11 unspecified atom stereocenters. The predicted octanol–water partition coefficient (Wildman–Crippen LogP) is 6.66. The Morgan fingerprint density at radius 1 is 0.953 bits per heavy atom. The highest BCUT2D eigenvalue weighted by Crippen LogP contribution is 2.68. The van der Waals surface area contributed by atoms with Crippen molar-refractivity contribution in [2.45, 2.75) is 131 Å². The summed E-state index contributed by atoms with van der Waals surface area (Å²) in [5, 5.41) is 2.91. The topological polar surface area (TPSA) is 98.8 Å². The molecule has 1 heterocycles. The number of ether oxygens (including phenoxy) is 2. The van der Waals surface area contributed by atoms with Crippen molar-refractivity contribution in [1.29, 1.82) is 0 Å². The molecule has 0 bridgehead atoms. The zero-order valence-electron chi connectivity index (χ0n) is 27.5. The van der Waals surface area contributed by atoms with Gasteiger partial charge in [0.25, 0.3) is 0 Å². The Kier molecular flexibility index (Phi) is 9.97. The number of Topliss-reactive ketones (excluding diaryl/α,β-unsaturated/α-hetero) is 1. The standard InChI is InChI=1S/C36H57NO6/c1-6-22(2)33(40)43-25-13-17-35(4)24(21-25)8-9-26-29-11-10-28(36(29,5)18-14-30(26)35)23(3)7-12-32(39)37-19-15-31(38)27-16-20-42-34(27)41/h22-30H,6-21H2,1-5H3,(H,37,39). The first-order valence-electron chi connectivity index (χ1n) is 17.6. The first-order valence-corrected chi connectivity index (χ1v) is 17.6. The fourth-order valence-electron chi connectivity index (χ4n) is 10.7. The molecule has 5 aliphatic rings. The molecule has 5 rings (SSSR count). The van der Waals surface area contributed by atoms with Crippen molar-refractivity contribution in [3.8, 4) is 0 Å². The van der Waals surface area contributed by atoms with Crippen molar-refractivity contribution in [2.24, 2.45) is 58.2 Å². The van der Waals surface area contributed by atoms with Gasteiger partial charge in [0.1, 0.15) is 17.8 Å². The minimum Gasteiger partial charge on any atom is -0.465 e. The second-order valence-electron chi connectivity index (χ2n) is 15.6. The van der Waals surface area contributed by atoms with Crippen molar-refractivity contribution in [2.75, 3.05) is 13.2 Å². The largest absolute Gasteiger partial charge is 0.465 e. The van der Waals surface area contributed by atoms with Gasteiger partial charge in [0.2, 0.25) is 5.91 Å². The molecule has 242 valence electrons. The molecular weight excluding hydrogens is 542 g/mol. The zero-order valence-corrected chi connectivity index (χ0v) is 27.5. The summed E-state index contributed by atoms with van der Waals surface area (Å²) in [6.45, 7) is 12.1. The molecular formula is C36H57NO6. The van der Waals surface area contributed by atoms with E-state index < -0.39 is 11.9 Å². The van der Waals surface area contributed by atoms with E-state index in [-0.39, 0.29) is 36.1 Å². The highest BCUT2D eigenvalue weighted by atomic mass is 16.5. The Hall–Kier alpha value is -1.92. The first-order chi connectivity index (χ1) is 20.5. The third-order valence-corrected chi connectivity index (χ3v) is 13.5. The maximum absolute atomic E-state index is 12.6. The molecule has 0 spiro atoms. The number of amides is 1. The van der Waals surface area contributed by atoms with E-state index in [0.717, 1.165) is 43.4 Å².